The van der Waals surface area contributed by atoms with Gasteiger partial charge in [-0.1, -0.05) is 19.8 Å². The number of hydrazine groups is 1. The summed E-state index contributed by atoms with van der Waals surface area (Å²) in [5.74, 6) is 8.37. The molecule has 1 aromatic rings. The van der Waals surface area contributed by atoms with Gasteiger partial charge < -0.3 is 0 Å². The molecule has 1 aromatic heterocycles. The van der Waals surface area contributed by atoms with Gasteiger partial charge in [-0.3, -0.25) is 16.0 Å². The molecular weight excluding hydrogens is 224 g/mol. The molecule has 0 amide bonds. The molecule has 4 heteroatoms. The molecule has 0 aromatic carbocycles. The minimum atomic E-state index is 0.309. The number of hydrogen-bond acceptors (Lipinski definition) is 3. The van der Waals surface area contributed by atoms with Gasteiger partial charge in [0.25, 0.3) is 0 Å². The first-order valence-corrected chi connectivity index (χ1v) is 7.33. The van der Waals surface area contributed by atoms with Gasteiger partial charge in [-0.05, 0) is 37.0 Å². The number of nitrogens with zero attached hydrogens (tertiary/aromatic N) is 2. The predicted octanol–water partition coefficient (Wildman–Crippen LogP) is 2.23. The molecule has 0 saturated heterocycles. The van der Waals surface area contributed by atoms with Crippen molar-refractivity contribution in [2.75, 3.05) is 0 Å². The third-order valence-corrected chi connectivity index (χ3v) is 4.75. The van der Waals surface area contributed by atoms with Crippen molar-refractivity contribution >= 4 is 0 Å². The van der Waals surface area contributed by atoms with Crippen LogP contribution in [0.5, 0.6) is 0 Å². The summed E-state index contributed by atoms with van der Waals surface area (Å²) in [4.78, 5) is 0. The van der Waals surface area contributed by atoms with E-state index >= 15 is 0 Å². The van der Waals surface area contributed by atoms with Crippen molar-refractivity contribution in [3.05, 3.63) is 18.0 Å². The fourth-order valence-corrected chi connectivity index (χ4v) is 3.86. The van der Waals surface area contributed by atoms with Crippen LogP contribution in [0.25, 0.3) is 0 Å². The minimum absolute atomic E-state index is 0.309. The Hall–Kier alpha value is -0.870. The number of rotatable bonds is 5. The van der Waals surface area contributed by atoms with Crippen LogP contribution in [-0.2, 0) is 6.54 Å². The molecule has 3 atom stereocenters. The van der Waals surface area contributed by atoms with Gasteiger partial charge >= 0.3 is 0 Å². The zero-order valence-electron chi connectivity index (χ0n) is 11.2. The third-order valence-electron chi connectivity index (χ3n) is 4.75. The van der Waals surface area contributed by atoms with E-state index < -0.39 is 0 Å². The van der Waals surface area contributed by atoms with E-state index in [1.807, 2.05) is 10.9 Å². The van der Waals surface area contributed by atoms with Gasteiger partial charge in [0.2, 0.25) is 0 Å². The van der Waals surface area contributed by atoms with Gasteiger partial charge in [0.15, 0.2) is 0 Å². The van der Waals surface area contributed by atoms with Crippen molar-refractivity contribution in [3.63, 3.8) is 0 Å². The zero-order valence-corrected chi connectivity index (χ0v) is 11.2. The Morgan fingerprint density at radius 3 is 2.78 bits per heavy atom. The molecule has 4 nitrogen and oxygen atoms in total. The Bertz CT molecular complexity index is 388. The highest BCUT2D eigenvalue weighted by Gasteiger charge is 2.54. The lowest BCUT2D eigenvalue weighted by Gasteiger charge is -2.14. The molecule has 3 N–H and O–H groups in total. The van der Waals surface area contributed by atoms with E-state index in [0.717, 1.165) is 30.7 Å². The average molecular weight is 248 g/mol. The van der Waals surface area contributed by atoms with Crippen molar-refractivity contribution in [2.24, 2.45) is 23.6 Å². The van der Waals surface area contributed by atoms with Crippen LogP contribution in [0.4, 0.5) is 0 Å². The first kappa shape index (κ1) is 12.2. The summed E-state index contributed by atoms with van der Waals surface area (Å²) in [5.41, 5.74) is 4.31. The summed E-state index contributed by atoms with van der Waals surface area (Å²) in [6.07, 6.45) is 10.9. The van der Waals surface area contributed by atoms with Crippen LogP contribution in [0.1, 0.15) is 50.6 Å². The quantitative estimate of drug-likeness (QED) is 0.620. The van der Waals surface area contributed by atoms with Gasteiger partial charge in [-0.15, -0.1) is 0 Å². The highest BCUT2D eigenvalue weighted by atomic mass is 15.3. The van der Waals surface area contributed by atoms with Gasteiger partial charge in [-0.25, -0.2) is 0 Å². The average Bonchev–Trinajstić information content (AvgIpc) is 2.92. The Labute approximate surface area is 109 Å². The third kappa shape index (κ3) is 2.08. The van der Waals surface area contributed by atoms with E-state index in [1.165, 1.54) is 31.2 Å². The fourth-order valence-electron chi connectivity index (χ4n) is 3.86. The molecule has 2 aliphatic rings. The minimum Gasteiger partial charge on any atom is -0.272 e. The smallest absolute Gasteiger partial charge is 0.0538 e. The van der Waals surface area contributed by atoms with Gasteiger partial charge in [0, 0.05) is 18.3 Å². The van der Waals surface area contributed by atoms with Crippen molar-refractivity contribution in [1.82, 2.24) is 15.2 Å². The fraction of sp³-hybridized carbons (Fsp3) is 0.786. The zero-order chi connectivity index (χ0) is 12.5. The first-order valence-electron chi connectivity index (χ1n) is 7.33. The molecule has 1 heterocycles. The van der Waals surface area contributed by atoms with E-state index in [1.54, 1.807) is 0 Å². The van der Waals surface area contributed by atoms with Crippen LogP contribution in [0.2, 0.25) is 0 Å². The molecule has 0 spiro atoms. The van der Waals surface area contributed by atoms with E-state index in [4.69, 9.17) is 5.84 Å². The van der Waals surface area contributed by atoms with E-state index in [2.05, 4.69) is 23.6 Å². The Morgan fingerprint density at radius 2 is 2.17 bits per heavy atom. The van der Waals surface area contributed by atoms with Crippen molar-refractivity contribution in [1.29, 1.82) is 0 Å². The van der Waals surface area contributed by atoms with Crippen LogP contribution in [0.15, 0.2) is 12.4 Å². The molecule has 2 fully saturated rings. The second kappa shape index (κ2) is 5.02. The standard InChI is InChI=1S/C14H24N4/c1-2-7-18-9-10(8-16-18)14(17-15)13-11-5-3-4-6-12(11)13/h8-9,11-14,17H,2-7,15H2,1H3. The molecule has 2 saturated carbocycles. The molecule has 2 aliphatic carbocycles. The Kier molecular flexibility index (Phi) is 3.39. The van der Waals surface area contributed by atoms with Crippen LogP contribution >= 0.6 is 0 Å². The molecule has 3 unspecified atom stereocenters. The highest BCUT2D eigenvalue weighted by molar-refractivity contribution is 5.18. The van der Waals surface area contributed by atoms with Crippen molar-refractivity contribution in [3.8, 4) is 0 Å². The molecule has 3 rings (SSSR count). The number of aryl methyl sites for hydroxylation is 1. The number of nitrogens with two attached hydrogens (primary N) is 1. The topological polar surface area (TPSA) is 55.9 Å². The Morgan fingerprint density at radius 1 is 1.44 bits per heavy atom. The predicted molar refractivity (Wildman–Crippen MR) is 71.5 cm³/mol. The lowest BCUT2D eigenvalue weighted by Crippen LogP contribution is -2.30. The van der Waals surface area contributed by atoms with Crippen LogP contribution in [0.3, 0.4) is 0 Å². The van der Waals surface area contributed by atoms with Gasteiger partial charge in [0.1, 0.15) is 0 Å². The maximum Gasteiger partial charge on any atom is 0.0538 e. The first-order chi connectivity index (χ1) is 8.85. The summed E-state index contributed by atoms with van der Waals surface area (Å²) in [7, 11) is 0. The monoisotopic (exact) mass is 248 g/mol. The normalized spacial score (nSPS) is 32.0. The SMILES string of the molecule is CCCn1cc(C(NN)C2C3CCCCC32)cn1. The van der Waals surface area contributed by atoms with E-state index in [0.29, 0.717) is 6.04 Å². The summed E-state index contributed by atoms with van der Waals surface area (Å²) in [6, 6.07) is 0.309. The largest absolute Gasteiger partial charge is 0.272 e. The van der Waals surface area contributed by atoms with Crippen LogP contribution in [0, 0.1) is 17.8 Å². The Balaban J connectivity index is 1.71. The van der Waals surface area contributed by atoms with Crippen LogP contribution in [-0.4, -0.2) is 9.78 Å². The lowest BCUT2D eigenvalue weighted by atomic mass is 10.0. The van der Waals surface area contributed by atoms with Crippen molar-refractivity contribution < 1.29 is 0 Å². The molecule has 18 heavy (non-hydrogen) atoms. The number of nitrogens with one attached hydrogen (secondary N) is 1. The second-order valence-electron chi connectivity index (χ2n) is 5.87. The van der Waals surface area contributed by atoms with E-state index in [9.17, 15) is 0 Å². The maximum absolute atomic E-state index is 5.80. The van der Waals surface area contributed by atoms with Gasteiger partial charge in [0.05, 0.1) is 12.2 Å². The molecule has 0 bridgehead atoms. The molecule has 0 radical (unpaired) electrons. The van der Waals surface area contributed by atoms with E-state index in [-0.39, 0.29) is 0 Å². The van der Waals surface area contributed by atoms with Crippen molar-refractivity contribution in [2.45, 2.75) is 51.6 Å². The summed E-state index contributed by atoms with van der Waals surface area (Å²) >= 11 is 0. The van der Waals surface area contributed by atoms with Gasteiger partial charge in [-0.2, -0.15) is 5.10 Å². The maximum atomic E-state index is 5.80. The number of fused-ring (bicyclic) bond motifs is 1. The number of aromatic nitrogens is 2. The lowest BCUT2D eigenvalue weighted by molar-refractivity contribution is 0.455. The summed E-state index contributed by atoms with van der Waals surface area (Å²) in [5, 5.41) is 4.42. The molecule has 0 aliphatic heterocycles. The number of hydrogen-bond donors (Lipinski definition) is 2. The van der Waals surface area contributed by atoms with Crippen LogP contribution < -0.4 is 11.3 Å². The summed E-state index contributed by atoms with van der Waals surface area (Å²) in [6.45, 7) is 3.17. The molecular formula is C14H24N4. The second-order valence-corrected chi connectivity index (χ2v) is 5.87. The summed E-state index contributed by atoms with van der Waals surface area (Å²) < 4.78 is 2.03. The molecule has 100 valence electrons. The highest BCUT2D eigenvalue weighted by Crippen LogP contribution is 2.60.